The van der Waals surface area contributed by atoms with Gasteiger partial charge in [0.1, 0.15) is 0 Å². The molecule has 40 heavy (non-hydrogen) atoms. The summed E-state index contributed by atoms with van der Waals surface area (Å²) in [6.45, 7) is 9.08. The minimum atomic E-state index is -3.20. The molecule has 5 rings (SSSR count). The van der Waals surface area contributed by atoms with Gasteiger partial charge in [-0.3, -0.25) is 0 Å². The number of nitrogens with zero attached hydrogens (tertiary/aromatic N) is 6. The average Bonchev–Trinajstić information content (AvgIpc) is 3.42. The Morgan fingerprint density at radius 1 is 1.18 bits per heavy atom. The molecule has 2 aliphatic rings. The number of rotatable bonds is 8. The maximum atomic E-state index is 11.8. The first-order valence-corrected chi connectivity index (χ1v) is 15.7. The van der Waals surface area contributed by atoms with Gasteiger partial charge in [0.05, 0.1) is 41.5 Å². The Balaban J connectivity index is 1.28. The zero-order chi connectivity index (χ0) is 28.3. The summed E-state index contributed by atoms with van der Waals surface area (Å²) < 4.78 is 26.7. The molecule has 13 heteroatoms. The summed E-state index contributed by atoms with van der Waals surface area (Å²) in [4.78, 5) is 12.5. The number of hydrogen-bond donors (Lipinski definition) is 3. The molecule has 3 N–H and O–H groups in total. The lowest BCUT2D eigenvalue weighted by Gasteiger charge is -2.30. The van der Waals surface area contributed by atoms with Crippen LogP contribution in [0.3, 0.4) is 0 Å². The van der Waals surface area contributed by atoms with Crippen molar-refractivity contribution in [2.45, 2.75) is 63.3 Å². The van der Waals surface area contributed by atoms with Crippen molar-refractivity contribution in [3.63, 3.8) is 0 Å². The molecule has 3 heterocycles. The monoisotopic (exact) mass is 584 g/mol. The Morgan fingerprint density at radius 3 is 2.65 bits per heavy atom. The molecule has 2 aromatic heterocycles. The Morgan fingerprint density at radius 2 is 1.95 bits per heavy atom. The second-order valence-corrected chi connectivity index (χ2v) is 12.8. The van der Waals surface area contributed by atoms with Crippen LogP contribution in [0.4, 0.5) is 11.6 Å². The van der Waals surface area contributed by atoms with Gasteiger partial charge in [-0.2, -0.15) is 5.10 Å². The van der Waals surface area contributed by atoms with Crippen LogP contribution in [0, 0.1) is 6.57 Å². The van der Waals surface area contributed by atoms with Crippen LogP contribution in [0.1, 0.15) is 44.1 Å². The van der Waals surface area contributed by atoms with E-state index in [9.17, 15) is 13.5 Å². The Kier molecular flexibility index (Phi) is 8.68. The van der Waals surface area contributed by atoms with E-state index < -0.39 is 10.0 Å². The average molecular weight is 585 g/mol. The smallest absolute Gasteiger partial charge is 0.231 e. The van der Waals surface area contributed by atoms with Crippen molar-refractivity contribution in [2.24, 2.45) is 0 Å². The molecule has 11 nitrogen and oxygen atoms in total. The number of anilines is 1. The molecule has 0 spiro atoms. The third-order valence-corrected chi connectivity index (χ3v) is 9.16. The Labute approximate surface area is 239 Å². The summed E-state index contributed by atoms with van der Waals surface area (Å²) in [5.41, 5.74) is 3.12. The van der Waals surface area contributed by atoms with Crippen LogP contribution in [0.2, 0.25) is 5.02 Å². The summed E-state index contributed by atoms with van der Waals surface area (Å²) in [7, 11) is -3.20. The molecule has 1 aromatic carbocycles. The highest BCUT2D eigenvalue weighted by Gasteiger charge is 2.26. The van der Waals surface area contributed by atoms with Crippen LogP contribution in [-0.4, -0.2) is 75.1 Å². The predicted octanol–water partition coefficient (Wildman–Crippen LogP) is 3.76. The molecule has 3 aromatic rings. The number of nitrogens with one attached hydrogen (secondary N) is 2. The molecule has 1 saturated heterocycles. The summed E-state index contributed by atoms with van der Waals surface area (Å²) in [5, 5.41) is 22.0. The molecule has 1 saturated carbocycles. The molecule has 0 amide bonds. The molecule has 0 radical (unpaired) electrons. The van der Waals surface area contributed by atoms with Crippen molar-refractivity contribution in [2.75, 3.05) is 24.7 Å². The lowest BCUT2D eigenvalue weighted by Crippen LogP contribution is -2.42. The summed E-state index contributed by atoms with van der Waals surface area (Å²) in [6, 6.07) is 5.91. The van der Waals surface area contributed by atoms with E-state index >= 15 is 0 Å². The lowest BCUT2D eigenvalue weighted by atomic mass is 9.92. The zero-order valence-electron chi connectivity index (χ0n) is 22.3. The number of aliphatic hydroxyl groups excluding tert-OH is 1. The number of hydrogen-bond acceptors (Lipinski definition) is 8. The van der Waals surface area contributed by atoms with Crippen LogP contribution in [-0.2, 0) is 16.6 Å². The van der Waals surface area contributed by atoms with Crippen LogP contribution in [0.15, 0.2) is 36.8 Å². The quantitative estimate of drug-likeness (QED) is 0.341. The van der Waals surface area contributed by atoms with Crippen molar-refractivity contribution >= 4 is 33.3 Å². The molecule has 0 bridgehead atoms. The highest BCUT2D eigenvalue weighted by Crippen LogP contribution is 2.31. The minimum Gasteiger partial charge on any atom is -0.392 e. The maximum absolute atomic E-state index is 11.8. The normalized spacial score (nSPS) is 20.8. The van der Waals surface area contributed by atoms with Crippen LogP contribution in [0.5, 0.6) is 0 Å². The molecular weight excluding hydrogens is 552 g/mol. The first-order chi connectivity index (χ1) is 19.2. The summed E-state index contributed by atoms with van der Waals surface area (Å²) >= 11 is 6.64. The van der Waals surface area contributed by atoms with Gasteiger partial charge >= 0.3 is 0 Å². The predicted molar refractivity (Wildman–Crippen MR) is 154 cm³/mol. The van der Waals surface area contributed by atoms with Crippen LogP contribution >= 0.6 is 11.6 Å². The first kappa shape index (κ1) is 28.4. The molecule has 2 atom stereocenters. The van der Waals surface area contributed by atoms with E-state index in [4.69, 9.17) is 18.2 Å². The zero-order valence-corrected chi connectivity index (χ0v) is 23.9. The Hall–Kier alpha value is -3.08. The van der Waals surface area contributed by atoms with Gasteiger partial charge in [0.2, 0.25) is 21.7 Å². The highest BCUT2D eigenvalue weighted by atomic mass is 35.5. The fourth-order valence-electron chi connectivity index (χ4n) is 5.27. The number of piperidine rings is 1. The second-order valence-electron chi connectivity index (χ2n) is 10.4. The standard InChI is InChI=1S/C27H33ClN8O3S/c1-29-23-16-31-27(33-20-9-11-35(12-10-20)40(2,38)39)34-26(23)19-15-32-36(17-19)24-8-7-18(13-21(24)28)14-30-22-5-3-4-6-25(22)37/h7-8,13,15-17,20,22,25,30,37H,3-6,9-12,14H2,2H3,(H,31,33,34)/t22-,25+/m1/s1. The van der Waals surface area contributed by atoms with Gasteiger partial charge in [-0.25, -0.2) is 32.2 Å². The van der Waals surface area contributed by atoms with Gasteiger partial charge in [-0.1, -0.05) is 30.5 Å². The third kappa shape index (κ3) is 6.62. The molecule has 212 valence electrons. The van der Waals surface area contributed by atoms with Gasteiger partial charge < -0.3 is 15.7 Å². The first-order valence-electron chi connectivity index (χ1n) is 13.4. The second kappa shape index (κ2) is 12.2. The van der Waals surface area contributed by atoms with E-state index in [1.807, 2.05) is 18.2 Å². The van der Waals surface area contributed by atoms with Crippen molar-refractivity contribution in [1.29, 1.82) is 0 Å². The number of halogens is 1. The van der Waals surface area contributed by atoms with Crippen molar-refractivity contribution < 1.29 is 13.5 Å². The van der Waals surface area contributed by atoms with E-state index in [1.54, 1.807) is 17.1 Å². The van der Waals surface area contributed by atoms with E-state index in [0.29, 0.717) is 66.1 Å². The van der Waals surface area contributed by atoms with Gasteiger partial charge in [0.15, 0.2) is 0 Å². The van der Waals surface area contributed by atoms with Crippen molar-refractivity contribution in [3.8, 4) is 16.9 Å². The summed E-state index contributed by atoms with van der Waals surface area (Å²) in [5.74, 6) is 0.380. The highest BCUT2D eigenvalue weighted by molar-refractivity contribution is 7.88. The molecular formula is C27H33ClN8O3S. The van der Waals surface area contributed by atoms with Gasteiger partial charge in [-0.15, -0.1) is 0 Å². The molecule has 2 fully saturated rings. The van der Waals surface area contributed by atoms with Gasteiger partial charge in [-0.05, 0) is 43.4 Å². The van der Waals surface area contributed by atoms with E-state index in [-0.39, 0.29) is 18.2 Å². The van der Waals surface area contributed by atoms with Gasteiger partial charge in [0, 0.05) is 49.7 Å². The Bertz CT molecular complexity index is 1500. The maximum Gasteiger partial charge on any atom is 0.231 e. The fourth-order valence-corrected chi connectivity index (χ4v) is 6.44. The largest absolute Gasteiger partial charge is 0.392 e. The van der Waals surface area contributed by atoms with Crippen LogP contribution in [0.25, 0.3) is 21.8 Å². The van der Waals surface area contributed by atoms with E-state index in [1.165, 1.54) is 16.8 Å². The topological polar surface area (TPSA) is 130 Å². The van der Waals surface area contributed by atoms with E-state index in [2.05, 4.69) is 30.5 Å². The number of benzene rings is 1. The molecule has 1 aliphatic carbocycles. The van der Waals surface area contributed by atoms with Gasteiger partial charge in [0.25, 0.3) is 0 Å². The SMILES string of the molecule is [C-]#[N+]c1cnc(NC2CCN(S(C)(=O)=O)CC2)nc1-c1cnn(-c2ccc(CN[C@@H]3CCCC[C@@H]3O)cc2Cl)c1. The number of sulfonamides is 1. The van der Waals surface area contributed by atoms with Crippen LogP contribution < -0.4 is 10.6 Å². The number of aromatic nitrogens is 4. The summed E-state index contributed by atoms with van der Waals surface area (Å²) in [6.07, 6.45) is 11.1. The van der Waals surface area contributed by atoms with Crippen molar-refractivity contribution in [3.05, 3.63) is 58.8 Å². The third-order valence-electron chi connectivity index (χ3n) is 7.56. The van der Waals surface area contributed by atoms with E-state index in [0.717, 1.165) is 31.2 Å². The molecule has 0 unspecified atom stereocenters. The lowest BCUT2D eigenvalue weighted by molar-refractivity contribution is 0.0902. The molecule has 1 aliphatic heterocycles. The van der Waals surface area contributed by atoms with Crippen molar-refractivity contribution in [1.82, 2.24) is 29.4 Å². The number of aliphatic hydroxyl groups is 1. The fraction of sp³-hybridized carbons (Fsp3) is 0.481. The minimum absolute atomic E-state index is 0.0283.